The highest BCUT2D eigenvalue weighted by molar-refractivity contribution is 5.71. The van der Waals surface area contributed by atoms with E-state index in [9.17, 15) is 0 Å². The molecule has 7 nitrogen and oxygen atoms in total. The predicted molar refractivity (Wildman–Crippen MR) is 63.8 cm³/mol. The van der Waals surface area contributed by atoms with E-state index >= 15 is 0 Å². The maximum absolute atomic E-state index is 4.90. The number of aromatic nitrogens is 5. The number of hydrogen-bond acceptors (Lipinski definition) is 7. The standard InChI is InChI=1S/C11H10N6O/c1-2-9(13-4-3-10-15-7-16-18-10)17-11-8(1)12-5-6-14-11/h1-2,5-7H,3-4H2,(H,13,14,17). The summed E-state index contributed by atoms with van der Waals surface area (Å²) in [5, 5.41) is 6.71. The van der Waals surface area contributed by atoms with Gasteiger partial charge in [0.15, 0.2) is 12.0 Å². The van der Waals surface area contributed by atoms with Crippen LogP contribution in [-0.2, 0) is 6.42 Å². The summed E-state index contributed by atoms with van der Waals surface area (Å²) in [6.07, 6.45) is 5.31. The second-order valence-corrected chi connectivity index (χ2v) is 3.61. The van der Waals surface area contributed by atoms with Gasteiger partial charge >= 0.3 is 0 Å². The van der Waals surface area contributed by atoms with Gasteiger partial charge in [-0.05, 0) is 12.1 Å². The Hall–Kier alpha value is -2.57. The first-order valence-corrected chi connectivity index (χ1v) is 5.49. The molecule has 0 amide bonds. The van der Waals surface area contributed by atoms with Gasteiger partial charge in [-0.15, -0.1) is 0 Å². The van der Waals surface area contributed by atoms with Crippen LogP contribution in [0.1, 0.15) is 5.89 Å². The molecule has 0 aliphatic carbocycles. The summed E-state index contributed by atoms with van der Waals surface area (Å²) in [6.45, 7) is 0.668. The molecular formula is C11H10N6O. The topological polar surface area (TPSA) is 89.6 Å². The van der Waals surface area contributed by atoms with Gasteiger partial charge in [-0.25, -0.2) is 9.97 Å². The lowest BCUT2D eigenvalue weighted by molar-refractivity contribution is 0.379. The van der Waals surface area contributed by atoms with Crippen molar-refractivity contribution in [2.45, 2.75) is 6.42 Å². The highest BCUT2D eigenvalue weighted by Gasteiger charge is 2.01. The van der Waals surface area contributed by atoms with Gasteiger partial charge in [-0.2, -0.15) is 4.98 Å². The van der Waals surface area contributed by atoms with E-state index in [2.05, 4.69) is 30.4 Å². The smallest absolute Gasteiger partial charge is 0.228 e. The van der Waals surface area contributed by atoms with Crippen molar-refractivity contribution in [1.82, 2.24) is 25.1 Å². The third-order valence-corrected chi connectivity index (χ3v) is 2.38. The third kappa shape index (κ3) is 2.24. The van der Waals surface area contributed by atoms with Crippen LogP contribution in [0.3, 0.4) is 0 Å². The molecule has 3 heterocycles. The Morgan fingerprint density at radius 2 is 2.06 bits per heavy atom. The van der Waals surface area contributed by atoms with Gasteiger partial charge in [0, 0.05) is 25.4 Å². The minimum absolute atomic E-state index is 0.600. The lowest BCUT2D eigenvalue weighted by Crippen LogP contribution is -2.06. The first-order chi connectivity index (χ1) is 8.92. The van der Waals surface area contributed by atoms with Crippen LogP contribution in [0.2, 0.25) is 0 Å². The molecule has 0 radical (unpaired) electrons. The lowest BCUT2D eigenvalue weighted by atomic mass is 10.4. The Morgan fingerprint density at radius 1 is 1.11 bits per heavy atom. The van der Waals surface area contributed by atoms with Crippen LogP contribution in [0.5, 0.6) is 0 Å². The number of nitrogens with one attached hydrogen (secondary N) is 1. The molecule has 3 aromatic rings. The minimum atomic E-state index is 0.600. The van der Waals surface area contributed by atoms with E-state index in [1.165, 1.54) is 6.33 Å². The van der Waals surface area contributed by atoms with Crippen molar-refractivity contribution in [3.05, 3.63) is 36.7 Å². The van der Waals surface area contributed by atoms with Crippen molar-refractivity contribution in [2.75, 3.05) is 11.9 Å². The van der Waals surface area contributed by atoms with Gasteiger partial charge in [0.25, 0.3) is 0 Å². The zero-order chi connectivity index (χ0) is 12.2. The van der Waals surface area contributed by atoms with Crippen LogP contribution in [0, 0.1) is 0 Å². The fourth-order valence-electron chi connectivity index (χ4n) is 1.56. The van der Waals surface area contributed by atoms with Gasteiger partial charge in [0.05, 0.1) is 0 Å². The largest absolute Gasteiger partial charge is 0.369 e. The molecule has 0 aromatic carbocycles. The molecule has 3 aromatic heterocycles. The SMILES string of the molecule is c1noc(CCNc2ccc3nccnc3n2)n1. The Morgan fingerprint density at radius 3 is 2.94 bits per heavy atom. The Bertz CT molecular complexity index is 639. The van der Waals surface area contributed by atoms with Crippen LogP contribution in [0.15, 0.2) is 35.4 Å². The summed E-state index contributed by atoms with van der Waals surface area (Å²) in [6, 6.07) is 3.75. The van der Waals surface area contributed by atoms with Gasteiger partial charge in [0.2, 0.25) is 5.89 Å². The average molecular weight is 242 g/mol. The molecule has 3 rings (SSSR count). The second kappa shape index (κ2) is 4.74. The Balaban J connectivity index is 1.67. The fraction of sp³-hybridized carbons (Fsp3) is 0.182. The van der Waals surface area contributed by atoms with E-state index in [0.717, 1.165) is 11.3 Å². The van der Waals surface area contributed by atoms with Gasteiger partial charge < -0.3 is 9.84 Å². The zero-order valence-corrected chi connectivity index (χ0v) is 9.45. The Labute approximate surface area is 102 Å². The van der Waals surface area contributed by atoms with E-state index in [0.29, 0.717) is 24.5 Å². The number of pyridine rings is 1. The summed E-state index contributed by atoms with van der Waals surface area (Å²) >= 11 is 0. The van der Waals surface area contributed by atoms with E-state index in [4.69, 9.17) is 4.52 Å². The first-order valence-electron chi connectivity index (χ1n) is 5.49. The summed E-state index contributed by atoms with van der Waals surface area (Å²) < 4.78 is 4.90. The van der Waals surface area contributed by atoms with E-state index in [-0.39, 0.29) is 0 Å². The lowest BCUT2D eigenvalue weighted by Gasteiger charge is -2.03. The molecule has 0 bridgehead atoms. The monoisotopic (exact) mass is 242 g/mol. The summed E-state index contributed by atoms with van der Waals surface area (Å²) in [4.78, 5) is 16.6. The molecule has 0 saturated heterocycles. The summed E-state index contributed by atoms with van der Waals surface area (Å²) in [5.74, 6) is 1.35. The van der Waals surface area contributed by atoms with Crippen LogP contribution in [0.4, 0.5) is 5.82 Å². The number of fused-ring (bicyclic) bond motifs is 1. The maximum atomic E-state index is 4.90. The molecule has 18 heavy (non-hydrogen) atoms. The Kier molecular flexibility index (Phi) is 2.79. The normalized spacial score (nSPS) is 10.7. The number of hydrogen-bond donors (Lipinski definition) is 1. The molecule has 90 valence electrons. The zero-order valence-electron chi connectivity index (χ0n) is 9.45. The number of anilines is 1. The van der Waals surface area contributed by atoms with Gasteiger partial charge in [-0.1, -0.05) is 5.16 Å². The van der Waals surface area contributed by atoms with Crippen molar-refractivity contribution in [3.63, 3.8) is 0 Å². The summed E-state index contributed by atoms with van der Waals surface area (Å²) in [7, 11) is 0. The summed E-state index contributed by atoms with van der Waals surface area (Å²) in [5.41, 5.74) is 1.40. The highest BCUT2D eigenvalue weighted by Crippen LogP contribution is 2.09. The molecule has 0 spiro atoms. The molecule has 0 unspecified atom stereocenters. The number of nitrogens with zero attached hydrogens (tertiary/aromatic N) is 5. The van der Waals surface area contributed by atoms with E-state index < -0.39 is 0 Å². The second-order valence-electron chi connectivity index (χ2n) is 3.61. The van der Waals surface area contributed by atoms with Crippen molar-refractivity contribution >= 4 is 17.0 Å². The van der Waals surface area contributed by atoms with Crippen LogP contribution in [-0.4, -0.2) is 31.6 Å². The van der Waals surface area contributed by atoms with Crippen molar-refractivity contribution < 1.29 is 4.52 Å². The van der Waals surface area contributed by atoms with Crippen LogP contribution < -0.4 is 5.32 Å². The van der Waals surface area contributed by atoms with Crippen molar-refractivity contribution in [1.29, 1.82) is 0 Å². The van der Waals surface area contributed by atoms with Crippen LogP contribution >= 0.6 is 0 Å². The average Bonchev–Trinajstić information content (AvgIpc) is 2.92. The molecule has 0 aliphatic rings. The molecular weight excluding hydrogens is 232 g/mol. The minimum Gasteiger partial charge on any atom is -0.369 e. The van der Waals surface area contributed by atoms with Crippen molar-refractivity contribution in [3.8, 4) is 0 Å². The van der Waals surface area contributed by atoms with Crippen molar-refractivity contribution in [2.24, 2.45) is 0 Å². The van der Waals surface area contributed by atoms with E-state index in [1.54, 1.807) is 12.4 Å². The molecule has 0 atom stereocenters. The van der Waals surface area contributed by atoms with E-state index in [1.807, 2.05) is 12.1 Å². The first kappa shape index (κ1) is 10.6. The molecule has 1 N–H and O–H groups in total. The van der Waals surface area contributed by atoms with Gasteiger partial charge in [0.1, 0.15) is 11.3 Å². The fourth-order valence-corrected chi connectivity index (χ4v) is 1.56. The molecule has 7 heteroatoms. The quantitative estimate of drug-likeness (QED) is 0.731. The molecule has 0 aliphatic heterocycles. The molecule has 0 fully saturated rings. The predicted octanol–water partition coefficient (Wildman–Crippen LogP) is 1.06. The highest BCUT2D eigenvalue weighted by atomic mass is 16.5. The number of rotatable bonds is 4. The maximum Gasteiger partial charge on any atom is 0.228 e. The van der Waals surface area contributed by atoms with Crippen LogP contribution in [0.25, 0.3) is 11.2 Å². The van der Waals surface area contributed by atoms with Gasteiger partial charge in [-0.3, -0.25) is 4.98 Å². The third-order valence-electron chi connectivity index (χ3n) is 2.38. The molecule has 0 saturated carbocycles.